The molecule has 0 bridgehead atoms. The van der Waals surface area contributed by atoms with E-state index >= 15 is 0 Å². The van der Waals surface area contributed by atoms with E-state index in [4.69, 9.17) is 9.47 Å². The molecule has 2 heterocycles. The van der Waals surface area contributed by atoms with Crippen LogP contribution >= 0.6 is 0 Å². The number of aryl methyl sites for hydroxylation is 1. The average Bonchev–Trinajstić information content (AvgIpc) is 3.50. The summed E-state index contributed by atoms with van der Waals surface area (Å²) in [6.07, 6.45) is 1.56. The molecule has 2 N–H and O–H groups in total. The Morgan fingerprint density at radius 2 is 1.94 bits per heavy atom. The Labute approximate surface area is 196 Å². The highest BCUT2D eigenvalue weighted by molar-refractivity contribution is 6.04. The number of hydrogen-bond donors (Lipinski definition) is 2. The third kappa shape index (κ3) is 5.85. The van der Waals surface area contributed by atoms with Gasteiger partial charge in [0.2, 0.25) is 5.82 Å². The number of amides is 1. The standard InChI is InChI=1S/C24H23N7O3/c1-16(15-33-3)34-21-13-18(12-20(14-21)24(32)25-22-10-11-31(2)28-22)5-4-17-6-8-19(9-7-17)23-26-29-30-27-23/h6-14,16H,15H2,1-3H3,(H,25,28,32)(H,26,27,29,30)/t16-/m0/s1. The minimum absolute atomic E-state index is 0.197. The van der Waals surface area contributed by atoms with Gasteiger partial charge in [-0.2, -0.15) is 10.3 Å². The van der Waals surface area contributed by atoms with Gasteiger partial charge in [-0.15, -0.1) is 10.2 Å². The Bertz CT molecular complexity index is 1320. The van der Waals surface area contributed by atoms with Gasteiger partial charge < -0.3 is 14.8 Å². The van der Waals surface area contributed by atoms with Crippen molar-refractivity contribution >= 4 is 11.7 Å². The van der Waals surface area contributed by atoms with Gasteiger partial charge in [-0.25, -0.2) is 0 Å². The summed E-state index contributed by atoms with van der Waals surface area (Å²) in [6, 6.07) is 14.4. The molecule has 0 aliphatic rings. The third-order valence-corrected chi connectivity index (χ3v) is 4.70. The molecule has 2 aromatic heterocycles. The third-order valence-electron chi connectivity index (χ3n) is 4.70. The van der Waals surface area contributed by atoms with Crippen molar-refractivity contribution in [1.82, 2.24) is 30.4 Å². The Balaban J connectivity index is 1.59. The summed E-state index contributed by atoms with van der Waals surface area (Å²) in [4.78, 5) is 12.9. The molecule has 34 heavy (non-hydrogen) atoms. The van der Waals surface area contributed by atoms with Gasteiger partial charge in [0.05, 0.1) is 6.61 Å². The molecule has 0 spiro atoms. The number of tetrazole rings is 1. The zero-order valence-electron chi connectivity index (χ0n) is 18.9. The highest BCUT2D eigenvalue weighted by Gasteiger charge is 2.13. The molecule has 0 unspecified atom stereocenters. The summed E-state index contributed by atoms with van der Waals surface area (Å²) in [7, 11) is 3.39. The predicted molar refractivity (Wildman–Crippen MR) is 125 cm³/mol. The second-order valence-electron chi connectivity index (χ2n) is 7.52. The number of hydrogen-bond acceptors (Lipinski definition) is 7. The van der Waals surface area contributed by atoms with Gasteiger partial charge in [0.15, 0.2) is 5.82 Å². The highest BCUT2D eigenvalue weighted by atomic mass is 16.5. The number of ether oxygens (including phenoxy) is 2. The fraction of sp³-hybridized carbons (Fsp3) is 0.208. The lowest BCUT2D eigenvalue weighted by molar-refractivity contribution is 0.0917. The maximum atomic E-state index is 12.9. The molecular weight excluding hydrogens is 434 g/mol. The van der Waals surface area contributed by atoms with Crippen LogP contribution in [0.3, 0.4) is 0 Å². The quantitative estimate of drug-likeness (QED) is 0.410. The predicted octanol–water partition coefficient (Wildman–Crippen LogP) is 2.67. The van der Waals surface area contributed by atoms with Gasteiger partial charge >= 0.3 is 0 Å². The summed E-state index contributed by atoms with van der Waals surface area (Å²) in [6.45, 7) is 2.30. The van der Waals surface area contributed by atoms with Crippen LogP contribution in [0.1, 0.15) is 28.4 Å². The van der Waals surface area contributed by atoms with E-state index in [1.807, 2.05) is 31.2 Å². The van der Waals surface area contributed by atoms with E-state index in [2.05, 4.69) is 42.9 Å². The lowest BCUT2D eigenvalue weighted by Crippen LogP contribution is -2.19. The molecule has 0 saturated carbocycles. The number of nitrogens with one attached hydrogen (secondary N) is 2. The first-order valence-corrected chi connectivity index (χ1v) is 10.5. The minimum Gasteiger partial charge on any atom is -0.488 e. The SMILES string of the molecule is COC[C@H](C)Oc1cc(C#Cc2ccc(-c3nn[nH]n3)cc2)cc(C(=O)Nc2ccn(C)n2)c1. The molecule has 10 nitrogen and oxygen atoms in total. The highest BCUT2D eigenvalue weighted by Crippen LogP contribution is 2.20. The van der Waals surface area contributed by atoms with Gasteiger partial charge in [0, 0.05) is 48.7 Å². The topological polar surface area (TPSA) is 120 Å². The molecule has 4 aromatic rings. The number of carbonyl (C=O) groups is 1. The number of anilines is 1. The molecule has 1 amide bonds. The van der Waals surface area contributed by atoms with Gasteiger partial charge in [0.25, 0.3) is 5.91 Å². The maximum Gasteiger partial charge on any atom is 0.257 e. The molecule has 10 heteroatoms. The van der Waals surface area contributed by atoms with Crippen molar-refractivity contribution in [2.75, 3.05) is 19.0 Å². The number of nitrogens with zero attached hydrogens (tertiary/aromatic N) is 5. The summed E-state index contributed by atoms with van der Waals surface area (Å²) in [5.41, 5.74) is 2.67. The van der Waals surface area contributed by atoms with Crippen LogP contribution in [0.5, 0.6) is 5.75 Å². The largest absolute Gasteiger partial charge is 0.488 e. The first kappa shape index (κ1) is 22.7. The molecule has 0 fully saturated rings. The fourth-order valence-electron chi connectivity index (χ4n) is 3.17. The van der Waals surface area contributed by atoms with Crippen molar-refractivity contribution in [3.05, 3.63) is 71.4 Å². The van der Waals surface area contributed by atoms with Gasteiger partial charge in [0.1, 0.15) is 11.9 Å². The second kappa shape index (κ2) is 10.4. The van der Waals surface area contributed by atoms with Crippen LogP contribution in [-0.4, -0.2) is 56.1 Å². The zero-order valence-corrected chi connectivity index (χ0v) is 18.9. The zero-order chi connectivity index (χ0) is 23.9. The number of methoxy groups -OCH3 is 1. The number of carbonyl (C=O) groups excluding carboxylic acids is 1. The monoisotopic (exact) mass is 457 g/mol. The van der Waals surface area contributed by atoms with Crippen molar-refractivity contribution in [2.24, 2.45) is 7.05 Å². The first-order valence-electron chi connectivity index (χ1n) is 10.5. The Morgan fingerprint density at radius 1 is 1.15 bits per heavy atom. The van der Waals surface area contributed by atoms with Crippen LogP contribution in [0, 0.1) is 11.8 Å². The van der Waals surface area contributed by atoms with Crippen LogP contribution < -0.4 is 10.1 Å². The smallest absolute Gasteiger partial charge is 0.257 e. The van der Waals surface area contributed by atoms with Crippen molar-refractivity contribution in [3.63, 3.8) is 0 Å². The fourth-order valence-corrected chi connectivity index (χ4v) is 3.17. The van der Waals surface area contributed by atoms with Gasteiger partial charge in [-0.05, 0) is 54.6 Å². The number of benzene rings is 2. The molecule has 2 aromatic carbocycles. The summed E-state index contributed by atoms with van der Waals surface area (Å²) >= 11 is 0. The van der Waals surface area contributed by atoms with Crippen LogP contribution in [0.4, 0.5) is 5.82 Å². The summed E-state index contributed by atoms with van der Waals surface area (Å²) in [5.74, 6) is 7.41. The first-order chi connectivity index (χ1) is 16.5. The van der Waals surface area contributed by atoms with Crippen LogP contribution in [-0.2, 0) is 11.8 Å². The van der Waals surface area contributed by atoms with E-state index in [0.29, 0.717) is 35.1 Å². The lowest BCUT2D eigenvalue weighted by atomic mass is 10.1. The average molecular weight is 457 g/mol. The molecule has 1 atom stereocenters. The van der Waals surface area contributed by atoms with Crippen molar-refractivity contribution < 1.29 is 14.3 Å². The van der Waals surface area contributed by atoms with E-state index in [0.717, 1.165) is 11.1 Å². The lowest BCUT2D eigenvalue weighted by Gasteiger charge is -2.15. The Kier molecular flexibility index (Phi) is 6.95. The minimum atomic E-state index is -0.309. The number of rotatable bonds is 7. The second-order valence-corrected chi connectivity index (χ2v) is 7.52. The van der Waals surface area contributed by atoms with Crippen molar-refractivity contribution in [3.8, 4) is 29.0 Å². The Hall–Kier alpha value is -4.49. The number of H-pyrrole nitrogens is 1. The normalized spacial score (nSPS) is 11.4. The molecule has 4 rings (SSSR count). The molecule has 0 aliphatic carbocycles. The van der Waals surface area contributed by atoms with Crippen LogP contribution in [0.15, 0.2) is 54.7 Å². The van der Waals surface area contributed by atoms with E-state index in [9.17, 15) is 4.79 Å². The molecular formula is C24H23N7O3. The molecule has 0 aliphatic heterocycles. The molecule has 0 saturated heterocycles. The summed E-state index contributed by atoms with van der Waals surface area (Å²) < 4.78 is 12.7. The van der Waals surface area contributed by atoms with Gasteiger partial charge in [-0.1, -0.05) is 11.8 Å². The van der Waals surface area contributed by atoms with E-state index < -0.39 is 0 Å². The van der Waals surface area contributed by atoms with E-state index in [1.165, 1.54) is 0 Å². The van der Waals surface area contributed by atoms with Crippen LogP contribution in [0.2, 0.25) is 0 Å². The van der Waals surface area contributed by atoms with Crippen LogP contribution in [0.25, 0.3) is 11.4 Å². The summed E-state index contributed by atoms with van der Waals surface area (Å²) in [5, 5.41) is 20.9. The maximum absolute atomic E-state index is 12.9. The van der Waals surface area contributed by atoms with E-state index in [-0.39, 0.29) is 12.0 Å². The number of aromatic amines is 1. The van der Waals surface area contributed by atoms with E-state index in [1.54, 1.807) is 49.3 Å². The van der Waals surface area contributed by atoms with Crippen molar-refractivity contribution in [2.45, 2.75) is 13.0 Å². The van der Waals surface area contributed by atoms with Crippen molar-refractivity contribution in [1.29, 1.82) is 0 Å². The number of aromatic nitrogens is 6. The van der Waals surface area contributed by atoms with Gasteiger partial charge in [-0.3, -0.25) is 9.48 Å². The molecule has 0 radical (unpaired) electrons. The Morgan fingerprint density at radius 3 is 2.62 bits per heavy atom. The molecule has 172 valence electrons.